The van der Waals surface area contributed by atoms with Crippen molar-refractivity contribution in [1.29, 1.82) is 0 Å². The Hall–Kier alpha value is -4.73. The zero-order valence-corrected chi connectivity index (χ0v) is 29.6. The minimum atomic E-state index is -1.26. The van der Waals surface area contributed by atoms with Gasteiger partial charge in [0.05, 0.1) is 46.2 Å². The first-order valence-corrected chi connectivity index (χ1v) is 19.4. The zero-order valence-electron chi connectivity index (χ0n) is 29.6. The number of rotatable bonds is 7. The first-order chi connectivity index (χ1) is 25.6. The maximum Gasteiger partial charge on any atom is 0.139 e. The van der Waals surface area contributed by atoms with E-state index in [1.54, 1.807) is 0 Å². The summed E-state index contributed by atoms with van der Waals surface area (Å²) >= 11 is 0. The molecular weight excluding hydrogens is 648 g/mol. The number of aromatic amines is 2. The van der Waals surface area contributed by atoms with Crippen molar-refractivity contribution in [2.45, 2.75) is 81.2 Å². The normalized spacial score (nSPS) is 24.8. The molecule has 4 aliphatic heterocycles. The Bertz CT molecular complexity index is 2070. The molecule has 4 atom stereocenters. The first kappa shape index (κ1) is 32.0. The van der Waals surface area contributed by atoms with Gasteiger partial charge in [0.1, 0.15) is 17.3 Å². The van der Waals surface area contributed by atoms with Crippen molar-refractivity contribution in [2.24, 2.45) is 0 Å². The summed E-state index contributed by atoms with van der Waals surface area (Å²) in [5, 5.41) is 7.18. The van der Waals surface area contributed by atoms with E-state index in [2.05, 4.69) is 91.1 Å². The molecule has 2 aromatic heterocycles. The van der Waals surface area contributed by atoms with Crippen LogP contribution in [-0.2, 0) is 5.67 Å². The average molecular weight is 695 g/mol. The van der Waals surface area contributed by atoms with Gasteiger partial charge in [-0.25, -0.2) is 14.4 Å². The summed E-state index contributed by atoms with van der Waals surface area (Å²) < 4.78 is 16.0. The van der Waals surface area contributed by atoms with E-state index in [1.807, 2.05) is 30.3 Å². The number of piperidine rings is 1. The van der Waals surface area contributed by atoms with Gasteiger partial charge in [-0.1, -0.05) is 42.5 Å². The highest BCUT2D eigenvalue weighted by molar-refractivity contribution is 5.78. The maximum absolute atomic E-state index is 16.0. The van der Waals surface area contributed by atoms with Crippen molar-refractivity contribution in [2.75, 3.05) is 36.0 Å². The molecule has 4 fully saturated rings. The number of H-pyrrole nitrogens is 2. The summed E-state index contributed by atoms with van der Waals surface area (Å²) in [4.78, 5) is 22.2. The predicted molar refractivity (Wildman–Crippen MR) is 206 cm³/mol. The van der Waals surface area contributed by atoms with Crippen molar-refractivity contribution in [1.82, 2.24) is 30.6 Å². The van der Waals surface area contributed by atoms with Gasteiger partial charge in [-0.15, -0.1) is 0 Å². The third kappa shape index (κ3) is 5.75. The minimum absolute atomic E-state index is 0.209. The number of nitrogens with one attached hydrogen (secondary N) is 4. The monoisotopic (exact) mass is 694 g/mol. The van der Waals surface area contributed by atoms with Gasteiger partial charge in [0, 0.05) is 37.3 Å². The molecule has 0 unspecified atom stereocenters. The van der Waals surface area contributed by atoms with Crippen LogP contribution in [0.2, 0.25) is 0 Å². The molecule has 0 radical (unpaired) electrons. The topological polar surface area (TPSA) is 87.9 Å². The summed E-state index contributed by atoms with van der Waals surface area (Å²) in [6, 6.07) is 33.4. The third-order valence-corrected chi connectivity index (χ3v) is 12.3. The third-order valence-electron chi connectivity index (χ3n) is 12.3. The zero-order chi connectivity index (χ0) is 34.6. The summed E-state index contributed by atoms with van der Waals surface area (Å²) in [5.74, 6) is 2.10. The quantitative estimate of drug-likeness (QED) is 0.134. The molecule has 0 bridgehead atoms. The molecule has 4 aliphatic rings. The lowest BCUT2D eigenvalue weighted by Gasteiger charge is -2.38. The van der Waals surface area contributed by atoms with Gasteiger partial charge in [-0.05, 0) is 117 Å². The molecule has 6 heterocycles. The predicted octanol–water partition coefficient (Wildman–Crippen LogP) is 8.84. The highest BCUT2D eigenvalue weighted by atomic mass is 19.1. The SMILES string of the molecule is FC1(c2ccccc2)CCN(c2ccc(N3[C@@H](c4ccc5nc([C@@H]6CCCN6)[nH]c5c4)CC[C@@H]3c3ccc4nc([C@@H]5CCCN5)[nH]c4c3)cc2)CC1. The number of anilines is 2. The van der Waals surface area contributed by atoms with Gasteiger partial charge < -0.3 is 30.4 Å². The highest BCUT2D eigenvalue weighted by Gasteiger charge is 2.38. The van der Waals surface area contributed by atoms with Gasteiger partial charge in [0.2, 0.25) is 0 Å². The van der Waals surface area contributed by atoms with E-state index in [4.69, 9.17) is 9.97 Å². The lowest BCUT2D eigenvalue weighted by Crippen LogP contribution is -2.40. The van der Waals surface area contributed by atoms with Crippen LogP contribution in [0.4, 0.5) is 15.8 Å². The average Bonchev–Trinajstić information content (AvgIpc) is 4.04. The smallest absolute Gasteiger partial charge is 0.139 e. The summed E-state index contributed by atoms with van der Waals surface area (Å²) in [7, 11) is 0. The van der Waals surface area contributed by atoms with Crippen molar-refractivity contribution < 1.29 is 4.39 Å². The summed E-state index contributed by atoms with van der Waals surface area (Å²) in [6.45, 7) is 3.50. The van der Waals surface area contributed by atoms with Crippen LogP contribution in [0.3, 0.4) is 0 Å². The maximum atomic E-state index is 16.0. The summed E-state index contributed by atoms with van der Waals surface area (Å²) in [6.07, 6.45) is 7.72. The van der Waals surface area contributed by atoms with Crippen molar-refractivity contribution >= 4 is 33.4 Å². The number of hydrogen-bond acceptors (Lipinski definition) is 6. The minimum Gasteiger partial charge on any atom is -0.371 e. The van der Waals surface area contributed by atoms with Crippen LogP contribution >= 0.6 is 0 Å². The number of aromatic nitrogens is 4. The molecule has 9 heteroatoms. The Morgan fingerprint density at radius 1 is 0.615 bits per heavy atom. The lowest BCUT2D eigenvalue weighted by molar-refractivity contribution is 0.125. The number of halogens is 1. The first-order valence-electron chi connectivity index (χ1n) is 19.4. The molecule has 4 N–H and O–H groups in total. The second kappa shape index (κ2) is 13.0. The molecule has 4 saturated heterocycles. The van der Waals surface area contributed by atoms with E-state index in [0.717, 1.165) is 83.7 Å². The molecular formula is C43H47FN8. The number of alkyl halides is 1. The van der Waals surface area contributed by atoms with Crippen LogP contribution in [0.25, 0.3) is 22.1 Å². The van der Waals surface area contributed by atoms with Crippen molar-refractivity contribution in [3.8, 4) is 0 Å². The fraction of sp³-hybridized carbons (Fsp3) is 0.395. The Labute approximate surface area is 304 Å². The van der Waals surface area contributed by atoms with Crippen molar-refractivity contribution in [3.05, 3.63) is 119 Å². The molecule has 10 rings (SSSR count). The Kier molecular flexibility index (Phi) is 8.02. The van der Waals surface area contributed by atoms with Gasteiger partial charge >= 0.3 is 0 Å². The standard InChI is InChI=1S/C43H47FN8/c44-43(30-6-2-1-3-7-30)20-24-51(25-21-43)31-12-14-32(15-13-31)52-39(28-10-16-33-37(26-28)49-41(47-33)35-8-4-22-45-35)18-19-40(52)29-11-17-34-38(27-29)50-42(48-34)36-9-5-23-46-36/h1-3,6-7,10-17,26-27,35-36,39-40,45-46H,4-5,8-9,18-25H2,(H,47,49)(H,48,50)/t35-,36-,39+,40+/m0/s1. The molecule has 4 aromatic carbocycles. The molecule has 8 nitrogen and oxygen atoms in total. The van der Waals surface area contributed by atoms with Gasteiger partial charge in [-0.2, -0.15) is 0 Å². The second-order valence-corrected chi connectivity index (χ2v) is 15.4. The Morgan fingerprint density at radius 2 is 1.15 bits per heavy atom. The molecule has 0 spiro atoms. The van der Waals surface area contributed by atoms with Crippen LogP contribution in [-0.4, -0.2) is 46.1 Å². The highest BCUT2D eigenvalue weighted by Crippen LogP contribution is 2.48. The molecule has 0 aliphatic carbocycles. The summed E-state index contributed by atoms with van der Waals surface area (Å²) in [5.41, 5.74) is 8.79. The van der Waals surface area contributed by atoms with E-state index in [9.17, 15) is 0 Å². The number of benzene rings is 4. The number of hydrogen-bond donors (Lipinski definition) is 4. The van der Waals surface area contributed by atoms with E-state index in [-0.39, 0.29) is 12.1 Å². The largest absolute Gasteiger partial charge is 0.371 e. The number of fused-ring (bicyclic) bond motifs is 2. The Balaban J connectivity index is 0.960. The van der Waals surface area contributed by atoms with E-state index < -0.39 is 5.67 Å². The molecule has 6 aromatic rings. The fourth-order valence-electron chi connectivity index (χ4n) is 9.48. The van der Waals surface area contributed by atoms with Crippen LogP contribution in [0.15, 0.2) is 91.0 Å². The van der Waals surface area contributed by atoms with Gasteiger partial charge in [0.25, 0.3) is 0 Å². The van der Waals surface area contributed by atoms with Gasteiger partial charge in [0.15, 0.2) is 0 Å². The van der Waals surface area contributed by atoms with E-state index in [1.165, 1.54) is 29.7 Å². The van der Waals surface area contributed by atoms with Crippen molar-refractivity contribution in [3.63, 3.8) is 0 Å². The van der Waals surface area contributed by atoms with Crippen LogP contribution in [0.1, 0.15) is 104 Å². The van der Waals surface area contributed by atoms with Crippen LogP contribution in [0.5, 0.6) is 0 Å². The second-order valence-electron chi connectivity index (χ2n) is 15.4. The van der Waals surface area contributed by atoms with Crippen LogP contribution < -0.4 is 20.4 Å². The molecule has 0 amide bonds. The Morgan fingerprint density at radius 3 is 1.67 bits per heavy atom. The molecule has 266 valence electrons. The van der Waals surface area contributed by atoms with E-state index >= 15 is 4.39 Å². The van der Waals surface area contributed by atoms with E-state index in [0.29, 0.717) is 38.0 Å². The van der Waals surface area contributed by atoms with Crippen LogP contribution in [0, 0.1) is 0 Å². The fourth-order valence-corrected chi connectivity index (χ4v) is 9.48. The molecule has 52 heavy (non-hydrogen) atoms. The van der Waals surface area contributed by atoms with Gasteiger partial charge in [-0.3, -0.25) is 0 Å². The molecule has 0 saturated carbocycles. The lowest BCUT2D eigenvalue weighted by atomic mass is 9.86. The number of imidazole rings is 2. The number of nitrogens with zero attached hydrogens (tertiary/aromatic N) is 4.